The molecule has 0 aliphatic carbocycles. The van der Waals surface area contributed by atoms with E-state index >= 15 is 0 Å². The molecule has 2 rings (SSSR count). The third kappa shape index (κ3) is 4.95. The molecule has 128 valence electrons. The molecule has 1 aliphatic heterocycles. The lowest BCUT2D eigenvalue weighted by molar-refractivity contribution is -0.159. The van der Waals surface area contributed by atoms with Crippen LogP contribution < -0.4 is 5.14 Å². The standard InChI is InChI=1S/C16H23NO5S/c1-3-16(4-2)21-14(10-11-20-23(17,18)19)15(22-16)12-13-8-6-5-7-9-13/h5-9H,3-4,10-12H2,1-2H3,(H2,17,18,19). The van der Waals surface area contributed by atoms with Crippen molar-refractivity contribution in [1.29, 1.82) is 0 Å². The molecule has 1 aromatic carbocycles. The van der Waals surface area contributed by atoms with E-state index in [0.29, 0.717) is 31.4 Å². The van der Waals surface area contributed by atoms with Crippen LogP contribution in [0.4, 0.5) is 0 Å². The molecule has 0 fully saturated rings. The lowest BCUT2D eigenvalue weighted by Crippen LogP contribution is -2.29. The van der Waals surface area contributed by atoms with E-state index in [-0.39, 0.29) is 6.61 Å². The number of rotatable bonds is 8. The second-order valence-electron chi connectivity index (χ2n) is 5.40. The molecular weight excluding hydrogens is 318 g/mol. The van der Waals surface area contributed by atoms with E-state index in [1.807, 2.05) is 44.2 Å². The average Bonchev–Trinajstić information content (AvgIpc) is 2.86. The van der Waals surface area contributed by atoms with Crippen LogP contribution in [0.1, 0.15) is 38.7 Å². The molecule has 0 bridgehead atoms. The fourth-order valence-corrected chi connectivity index (χ4v) is 2.79. The van der Waals surface area contributed by atoms with Gasteiger partial charge in [-0.1, -0.05) is 44.2 Å². The van der Waals surface area contributed by atoms with Gasteiger partial charge in [-0.05, 0) is 5.56 Å². The number of hydrogen-bond acceptors (Lipinski definition) is 5. The average molecular weight is 341 g/mol. The number of hydrogen-bond donors (Lipinski definition) is 1. The molecule has 0 amide bonds. The van der Waals surface area contributed by atoms with Gasteiger partial charge in [-0.3, -0.25) is 4.18 Å². The molecule has 1 aromatic rings. The fourth-order valence-electron chi connectivity index (χ4n) is 2.48. The first-order chi connectivity index (χ1) is 10.9. The van der Waals surface area contributed by atoms with Crippen molar-refractivity contribution in [2.24, 2.45) is 5.14 Å². The summed E-state index contributed by atoms with van der Waals surface area (Å²) in [4.78, 5) is 0. The normalized spacial score (nSPS) is 17.0. The minimum Gasteiger partial charge on any atom is -0.453 e. The van der Waals surface area contributed by atoms with Crippen LogP contribution in [0, 0.1) is 0 Å². The zero-order valence-electron chi connectivity index (χ0n) is 13.4. The summed E-state index contributed by atoms with van der Waals surface area (Å²) in [5.41, 5.74) is 1.10. The number of benzene rings is 1. The molecular formula is C16H23NO5S. The van der Waals surface area contributed by atoms with Crippen LogP contribution in [0.15, 0.2) is 41.9 Å². The molecule has 6 nitrogen and oxygen atoms in total. The summed E-state index contributed by atoms with van der Waals surface area (Å²) in [6.07, 6.45) is 2.27. The van der Waals surface area contributed by atoms with Gasteiger partial charge in [0.15, 0.2) is 0 Å². The second-order valence-corrected chi connectivity index (χ2v) is 6.62. The van der Waals surface area contributed by atoms with Crippen LogP contribution in [0.25, 0.3) is 0 Å². The molecule has 0 saturated carbocycles. The van der Waals surface area contributed by atoms with Gasteiger partial charge in [0.1, 0.15) is 11.5 Å². The van der Waals surface area contributed by atoms with Gasteiger partial charge in [-0.2, -0.15) is 8.42 Å². The van der Waals surface area contributed by atoms with E-state index in [1.165, 1.54) is 0 Å². The van der Waals surface area contributed by atoms with Crippen molar-refractivity contribution in [3.8, 4) is 0 Å². The summed E-state index contributed by atoms with van der Waals surface area (Å²) in [7, 11) is -3.95. The predicted molar refractivity (Wildman–Crippen MR) is 86.3 cm³/mol. The van der Waals surface area contributed by atoms with Crippen molar-refractivity contribution in [3.63, 3.8) is 0 Å². The predicted octanol–water partition coefficient (Wildman–Crippen LogP) is 2.61. The maximum absolute atomic E-state index is 10.9. The van der Waals surface area contributed by atoms with Crippen LogP contribution in [-0.4, -0.2) is 20.8 Å². The van der Waals surface area contributed by atoms with Crippen LogP contribution >= 0.6 is 0 Å². The smallest absolute Gasteiger partial charge is 0.333 e. The van der Waals surface area contributed by atoms with Crippen molar-refractivity contribution < 1.29 is 22.1 Å². The van der Waals surface area contributed by atoms with Gasteiger partial charge in [0.25, 0.3) is 0 Å². The first-order valence-corrected chi connectivity index (χ1v) is 9.15. The molecule has 0 saturated heterocycles. The zero-order chi connectivity index (χ0) is 16.9. The van der Waals surface area contributed by atoms with Crippen LogP contribution in [0.2, 0.25) is 0 Å². The highest BCUT2D eigenvalue weighted by atomic mass is 32.2. The van der Waals surface area contributed by atoms with Gasteiger partial charge in [0.05, 0.1) is 6.61 Å². The first kappa shape index (κ1) is 17.8. The summed E-state index contributed by atoms with van der Waals surface area (Å²) in [5.74, 6) is 0.667. The Hall–Kier alpha value is -1.57. The Kier molecular flexibility index (Phi) is 5.67. The van der Waals surface area contributed by atoms with E-state index in [9.17, 15) is 8.42 Å². The summed E-state index contributed by atoms with van der Waals surface area (Å²) in [6, 6.07) is 9.89. The van der Waals surface area contributed by atoms with Crippen molar-refractivity contribution in [2.75, 3.05) is 6.61 Å². The highest BCUT2D eigenvalue weighted by Gasteiger charge is 2.39. The zero-order valence-corrected chi connectivity index (χ0v) is 14.3. The Morgan fingerprint density at radius 2 is 1.70 bits per heavy atom. The Labute approximate surface area is 137 Å². The molecule has 1 heterocycles. The Bertz CT molecular complexity index is 650. The summed E-state index contributed by atoms with van der Waals surface area (Å²) in [6.45, 7) is 3.92. The monoisotopic (exact) mass is 341 g/mol. The van der Waals surface area contributed by atoms with E-state index in [0.717, 1.165) is 11.3 Å². The Morgan fingerprint density at radius 1 is 1.09 bits per heavy atom. The molecule has 7 heteroatoms. The van der Waals surface area contributed by atoms with Crippen molar-refractivity contribution in [2.45, 2.75) is 45.3 Å². The first-order valence-electron chi connectivity index (χ1n) is 7.68. The highest BCUT2D eigenvalue weighted by Crippen LogP contribution is 2.38. The molecule has 23 heavy (non-hydrogen) atoms. The molecule has 0 unspecified atom stereocenters. The third-order valence-electron chi connectivity index (χ3n) is 3.79. The van der Waals surface area contributed by atoms with Crippen LogP contribution in [-0.2, 0) is 30.4 Å². The molecule has 0 aromatic heterocycles. The molecule has 1 aliphatic rings. The SMILES string of the molecule is CCC1(CC)OC(CCOS(N)(=O)=O)=C(Cc2ccccc2)O1. The third-order valence-corrected chi connectivity index (χ3v) is 4.29. The lowest BCUT2D eigenvalue weighted by Gasteiger charge is -2.26. The Morgan fingerprint density at radius 3 is 2.26 bits per heavy atom. The fraction of sp³-hybridized carbons (Fsp3) is 0.500. The number of nitrogens with two attached hydrogens (primary N) is 1. The molecule has 2 N–H and O–H groups in total. The largest absolute Gasteiger partial charge is 0.453 e. The Balaban J connectivity index is 2.13. The van der Waals surface area contributed by atoms with Crippen molar-refractivity contribution in [1.82, 2.24) is 0 Å². The minimum absolute atomic E-state index is 0.0701. The van der Waals surface area contributed by atoms with Gasteiger partial charge in [0, 0.05) is 25.7 Å². The van der Waals surface area contributed by atoms with E-state index < -0.39 is 16.1 Å². The quantitative estimate of drug-likeness (QED) is 0.785. The van der Waals surface area contributed by atoms with Crippen molar-refractivity contribution in [3.05, 3.63) is 47.4 Å². The van der Waals surface area contributed by atoms with Gasteiger partial charge in [0.2, 0.25) is 5.79 Å². The topological polar surface area (TPSA) is 87.9 Å². The number of allylic oxidation sites excluding steroid dienone is 1. The van der Waals surface area contributed by atoms with E-state index in [1.54, 1.807) is 0 Å². The van der Waals surface area contributed by atoms with Crippen molar-refractivity contribution >= 4 is 10.3 Å². The number of ether oxygens (including phenoxy) is 2. The molecule has 0 radical (unpaired) electrons. The lowest BCUT2D eigenvalue weighted by atomic mass is 10.1. The van der Waals surface area contributed by atoms with E-state index in [2.05, 4.69) is 4.18 Å². The van der Waals surface area contributed by atoms with Gasteiger partial charge < -0.3 is 9.47 Å². The summed E-state index contributed by atoms with van der Waals surface area (Å²) in [5, 5.41) is 4.85. The summed E-state index contributed by atoms with van der Waals surface area (Å²) < 4.78 is 38.4. The highest BCUT2D eigenvalue weighted by molar-refractivity contribution is 7.84. The van der Waals surface area contributed by atoms with Crippen LogP contribution in [0.3, 0.4) is 0 Å². The maximum atomic E-state index is 10.9. The summed E-state index contributed by atoms with van der Waals surface area (Å²) >= 11 is 0. The minimum atomic E-state index is -3.95. The van der Waals surface area contributed by atoms with Gasteiger partial charge >= 0.3 is 10.3 Å². The second kappa shape index (κ2) is 7.33. The van der Waals surface area contributed by atoms with Crippen LogP contribution in [0.5, 0.6) is 0 Å². The van der Waals surface area contributed by atoms with Gasteiger partial charge in [-0.15, -0.1) is 0 Å². The van der Waals surface area contributed by atoms with Gasteiger partial charge in [-0.25, -0.2) is 5.14 Å². The maximum Gasteiger partial charge on any atom is 0.333 e. The molecule has 0 atom stereocenters. The molecule has 0 spiro atoms. The van der Waals surface area contributed by atoms with E-state index in [4.69, 9.17) is 14.6 Å².